The van der Waals surface area contributed by atoms with Crippen LogP contribution >= 0.6 is 0 Å². The van der Waals surface area contributed by atoms with Crippen molar-refractivity contribution in [3.63, 3.8) is 0 Å². The second-order valence-electron chi connectivity index (χ2n) is 5.74. The lowest BCUT2D eigenvalue weighted by Crippen LogP contribution is -2.36. The summed E-state index contributed by atoms with van der Waals surface area (Å²) in [6.45, 7) is 4.24. The first-order chi connectivity index (χ1) is 10.1. The molecule has 0 aliphatic carbocycles. The summed E-state index contributed by atoms with van der Waals surface area (Å²) in [5.74, 6) is -1.17. The van der Waals surface area contributed by atoms with Gasteiger partial charge in [0.1, 0.15) is 0 Å². The van der Waals surface area contributed by atoms with Gasteiger partial charge in [-0.25, -0.2) is 0 Å². The summed E-state index contributed by atoms with van der Waals surface area (Å²) in [4.78, 5) is 13.7. The average molecular weight is 281 g/mol. The number of carboxylic acids is 1. The van der Waals surface area contributed by atoms with Crippen LogP contribution in [-0.2, 0) is 17.9 Å². The van der Waals surface area contributed by atoms with Gasteiger partial charge in [-0.15, -0.1) is 0 Å². The summed E-state index contributed by atoms with van der Waals surface area (Å²) in [6, 6.07) is 16.3. The topological polar surface area (TPSA) is 40.5 Å². The monoisotopic (exact) mass is 281 g/mol. The molecule has 2 aromatic rings. The molecule has 1 unspecified atom stereocenters. The molecule has 1 heterocycles. The lowest BCUT2D eigenvalue weighted by atomic mass is 9.89. The van der Waals surface area contributed by atoms with Crippen molar-refractivity contribution in [1.82, 2.24) is 4.90 Å². The van der Waals surface area contributed by atoms with E-state index in [0.717, 1.165) is 24.2 Å². The highest BCUT2D eigenvalue weighted by atomic mass is 16.4. The van der Waals surface area contributed by atoms with Crippen LogP contribution in [0.15, 0.2) is 48.5 Å². The number of nitrogens with zero attached hydrogens (tertiary/aromatic N) is 1. The third kappa shape index (κ3) is 2.98. The normalized spacial score (nSPS) is 18.2. The fraction of sp³-hybridized carbons (Fsp3) is 0.278. The number of aliphatic carboxylic acids is 1. The maximum Gasteiger partial charge on any atom is 0.312 e. The van der Waals surface area contributed by atoms with Gasteiger partial charge in [0.2, 0.25) is 0 Å². The minimum Gasteiger partial charge on any atom is -0.481 e. The number of fused-ring (bicyclic) bond motifs is 1. The van der Waals surface area contributed by atoms with E-state index in [4.69, 9.17) is 0 Å². The summed E-state index contributed by atoms with van der Waals surface area (Å²) in [7, 11) is 0. The molecule has 0 spiro atoms. The van der Waals surface area contributed by atoms with Crippen molar-refractivity contribution in [3.05, 3.63) is 70.8 Å². The third-order valence-corrected chi connectivity index (χ3v) is 4.09. The van der Waals surface area contributed by atoms with Crippen LogP contribution in [0.4, 0.5) is 0 Å². The molecule has 0 fully saturated rings. The molecule has 21 heavy (non-hydrogen) atoms. The van der Waals surface area contributed by atoms with Gasteiger partial charge < -0.3 is 5.11 Å². The fourth-order valence-electron chi connectivity index (χ4n) is 2.96. The van der Waals surface area contributed by atoms with Gasteiger partial charge in [0, 0.05) is 19.6 Å². The van der Waals surface area contributed by atoms with Gasteiger partial charge in [-0.3, -0.25) is 9.69 Å². The van der Waals surface area contributed by atoms with Gasteiger partial charge in [0.15, 0.2) is 0 Å². The minimum atomic E-state index is -0.740. The number of hydrogen-bond donors (Lipinski definition) is 1. The van der Waals surface area contributed by atoms with Crippen molar-refractivity contribution in [3.8, 4) is 0 Å². The summed E-state index contributed by atoms with van der Waals surface area (Å²) in [5, 5.41) is 9.48. The zero-order chi connectivity index (χ0) is 14.8. The highest BCUT2D eigenvalue weighted by Gasteiger charge is 2.29. The second-order valence-corrected chi connectivity index (χ2v) is 5.74. The molecule has 3 heteroatoms. The van der Waals surface area contributed by atoms with Gasteiger partial charge in [0.25, 0.3) is 0 Å². The largest absolute Gasteiger partial charge is 0.481 e. The predicted molar refractivity (Wildman–Crippen MR) is 82.1 cm³/mol. The maximum atomic E-state index is 11.5. The Labute approximate surface area is 124 Å². The lowest BCUT2D eigenvalue weighted by molar-refractivity contribution is -0.139. The van der Waals surface area contributed by atoms with Crippen molar-refractivity contribution < 1.29 is 9.90 Å². The Morgan fingerprint density at radius 2 is 1.90 bits per heavy atom. The summed E-state index contributed by atoms with van der Waals surface area (Å²) < 4.78 is 0. The van der Waals surface area contributed by atoms with Crippen LogP contribution in [-0.4, -0.2) is 22.5 Å². The fourth-order valence-corrected chi connectivity index (χ4v) is 2.96. The summed E-state index contributed by atoms with van der Waals surface area (Å²) in [6.07, 6.45) is 0. The molecule has 0 aromatic heterocycles. The molecule has 2 aromatic carbocycles. The van der Waals surface area contributed by atoms with Gasteiger partial charge in [-0.05, 0) is 23.6 Å². The minimum absolute atomic E-state index is 0.430. The highest BCUT2D eigenvalue weighted by Crippen LogP contribution is 2.29. The molecule has 0 radical (unpaired) electrons. The molecule has 1 aliphatic rings. The smallest absolute Gasteiger partial charge is 0.312 e. The molecule has 108 valence electrons. The van der Waals surface area contributed by atoms with E-state index in [1.807, 2.05) is 24.3 Å². The molecule has 3 nitrogen and oxygen atoms in total. The Morgan fingerprint density at radius 3 is 2.62 bits per heavy atom. The first-order valence-corrected chi connectivity index (χ1v) is 7.22. The van der Waals surface area contributed by atoms with Crippen LogP contribution in [0.25, 0.3) is 0 Å². The van der Waals surface area contributed by atoms with Crippen molar-refractivity contribution >= 4 is 5.97 Å². The molecule has 3 rings (SSSR count). The number of carbonyl (C=O) groups is 1. The van der Waals surface area contributed by atoms with Crippen molar-refractivity contribution in [2.75, 3.05) is 6.54 Å². The Balaban J connectivity index is 1.83. The predicted octanol–water partition coefficient (Wildman–Crippen LogP) is 3.18. The first-order valence-electron chi connectivity index (χ1n) is 7.22. The van der Waals surface area contributed by atoms with E-state index in [1.165, 1.54) is 11.1 Å². The SMILES string of the molecule is Cc1ccc(CN2Cc3ccccc3C(C(=O)O)C2)cc1. The van der Waals surface area contributed by atoms with Crippen LogP contribution in [0, 0.1) is 6.92 Å². The molecular formula is C18H19NO2. The van der Waals surface area contributed by atoms with Crippen molar-refractivity contribution in [2.45, 2.75) is 25.9 Å². The molecule has 0 amide bonds. The van der Waals surface area contributed by atoms with E-state index in [2.05, 4.69) is 36.1 Å². The Morgan fingerprint density at radius 1 is 1.19 bits per heavy atom. The van der Waals surface area contributed by atoms with Crippen LogP contribution in [0.1, 0.15) is 28.2 Å². The molecule has 1 aliphatic heterocycles. The number of hydrogen-bond acceptors (Lipinski definition) is 2. The van der Waals surface area contributed by atoms with E-state index < -0.39 is 11.9 Å². The van der Waals surface area contributed by atoms with E-state index in [1.54, 1.807) is 0 Å². The second kappa shape index (κ2) is 5.70. The van der Waals surface area contributed by atoms with Crippen molar-refractivity contribution in [1.29, 1.82) is 0 Å². The standard InChI is InChI=1S/C18H19NO2/c1-13-6-8-14(9-7-13)10-19-11-15-4-2-3-5-16(15)17(12-19)18(20)21/h2-9,17H,10-12H2,1H3,(H,20,21). The Hall–Kier alpha value is -2.13. The molecule has 1 N–H and O–H groups in total. The van der Waals surface area contributed by atoms with E-state index >= 15 is 0 Å². The van der Waals surface area contributed by atoms with E-state index in [9.17, 15) is 9.90 Å². The Kier molecular flexibility index (Phi) is 3.76. The average Bonchev–Trinajstić information content (AvgIpc) is 2.48. The van der Waals surface area contributed by atoms with Crippen LogP contribution in [0.2, 0.25) is 0 Å². The Bertz CT molecular complexity index is 649. The third-order valence-electron chi connectivity index (χ3n) is 4.09. The quantitative estimate of drug-likeness (QED) is 0.939. The van der Waals surface area contributed by atoms with E-state index in [0.29, 0.717) is 6.54 Å². The molecule has 1 atom stereocenters. The summed E-state index contributed by atoms with van der Waals surface area (Å²) >= 11 is 0. The number of aryl methyl sites for hydroxylation is 1. The van der Waals surface area contributed by atoms with Crippen LogP contribution in [0.5, 0.6) is 0 Å². The van der Waals surface area contributed by atoms with Crippen LogP contribution in [0.3, 0.4) is 0 Å². The lowest BCUT2D eigenvalue weighted by Gasteiger charge is -2.32. The zero-order valence-electron chi connectivity index (χ0n) is 12.1. The number of rotatable bonds is 3. The number of carboxylic acid groups (broad SMARTS) is 1. The zero-order valence-corrected chi connectivity index (χ0v) is 12.1. The molecule has 0 saturated carbocycles. The number of benzene rings is 2. The molecule has 0 bridgehead atoms. The highest BCUT2D eigenvalue weighted by molar-refractivity contribution is 5.77. The van der Waals surface area contributed by atoms with Gasteiger partial charge in [0.05, 0.1) is 5.92 Å². The first kappa shape index (κ1) is 13.8. The van der Waals surface area contributed by atoms with Crippen molar-refractivity contribution in [2.24, 2.45) is 0 Å². The van der Waals surface area contributed by atoms with Gasteiger partial charge >= 0.3 is 5.97 Å². The molecule has 0 saturated heterocycles. The van der Waals surface area contributed by atoms with E-state index in [-0.39, 0.29) is 0 Å². The molecular weight excluding hydrogens is 262 g/mol. The maximum absolute atomic E-state index is 11.5. The van der Waals surface area contributed by atoms with Gasteiger partial charge in [-0.1, -0.05) is 54.1 Å². The van der Waals surface area contributed by atoms with Gasteiger partial charge in [-0.2, -0.15) is 0 Å². The summed E-state index contributed by atoms with van der Waals surface area (Å²) in [5.41, 5.74) is 4.56. The van der Waals surface area contributed by atoms with Crippen LogP contribution < -0.4 is 0 Å².